The van der Waals surface area contributed by atoms with Crippen LogP contribution < -0.4 is 14.5 Å². The fourth-order valence-corrected chi connectivity index (χ4v) is 3.26. The number of halogens is 6. The number of aliphatic carboxylic acids is 1. The summed E-state index contributed by atoms with van der Waals surface area (Å²) >= 11 is 6.16. The Morgan fingerprint density at radius 2 is 1.68 bits per heavy atom. The molecule has 0 aliphatic carbocycles. The van der Waals surface area contributed by atoms with Gasteiger partial charge in [0.05, 0.1) is 22.9 Å². The molecule has 0 fully saturated rings. The van der Waals surface area contributed by atoms with E-state index in [1.807, 2.05) is 0 Å². The van der Waals surface area contributed by atoms with Crippen LogP contribution in [0, 0.1) is 29.1 Å². The standard InChI is InChI=1S/C21H14ClF5N2O5/c1-3-33-12-6-9(5-11(22)20(12)34-7-13(30)31)4-10-8(2)28-29(21(10)32)19-17(26)15(24)14(23)16(25)18(19)27/h4-6H,3,7H2,1-2H3,(H,30,31)/b10-4+. The number of carboxylic acids is 1. The average Bonchev–Trinajstić information content (AvgIpc) is 3.04. The summed E-state index contributed by atoms with van der Waals surface area (Å²) in [4.78, 5) is 23.6. The van der Waals surface area contributed by atoms with Crippen molar-refractivity contribution in [2.24, 2.45) is 5.10 Å². The predicted octanol–water partition coefficient (Wildman–Crippen LogP) is 4.70. The van der Waals surface area contributed by atoms with Gasteiger partial charge in [-0.3, -0.25) is 4.79 Å². The van der Waals surface area contributed by atoms with Crippen LogP contribution in [0.1, 0.15) is 19.4 Å². The third-order valence-corrected chi connectivity index (χ3v) is 4.72. The molecule has 1 aliphatic rings. The highest BCUT2D eigenvalue weighted by molar-refractivity contribution is 6.33. The highest BCUT2D eigenvalue weighted by Crippen LogP contribution is 2.38. The number of carbonyl (C=O) groups excluding carboxylic acids is 1. The molecule has 34 heavy (non-hydrogen) atoms. The summed E-state index contributed by atoms with van der Waals surface area (Å²) in [5.41, 5.74) is -1.63. The van der Waals surface area contributed by atoms with Crippen molar-refractivity contribution in [1.29, 1.82) is 0 Å². The van der Waals surface area contributed by atoms with Crippen LogP contribution in [0.3, 0.4) is 0 Å². The average molecular weight is 505 g/mol. The van der Waals surface area contributed by atoms with E-state index in [4.69, 9.17) is 26.2 Å². The number of hydrogen-bond acceptors (Lipinski definition) is 5. The Kier molecular flexibility index (Phi) is 7.10. The molecule has 3 rings (SSSR count). The first-order valence-electron chi connectivity index (χ1n) is 9.41. The molecule has 0 saturated heterocycles. The molecular weight excluding hydrogens is 491 g/mol. The maximum atomic E-state index is 14.2. The molecule has 0 bridgehead atoms. The third-order valence-electron chi connectivity index (χ3n) is 4.44. The Hall–Kier alpha value is -3.67. The summed E-state index contributed by atoms with van der Waals surface area (Å²) in [5.74, 6) is -13.7. The van der Waals surface area contributed by atoms with E-state index < -0.39 is 53.3 Å². The van der Waals surface area contributed by atoms with Crippen LogP contribution in [0.5, 0.6) is 11.5 Å². The number of ether oxygens (including phenoxy) is 2. The van der Waals surface area contributed by atoms with Gasteiger partial charge in [-0.1, -0.05) is 11.6 Å². The molecular formula is C21H14ClF5N2O5. The van der Waals surface area contributed by atoms with Crippen molar-refractivity contribution < 1.29 is 46.1 Å². The molecule has 13 heteroatoms. The van der Waals surface area contributed by atoms with Gasteiger partial charge in [0.1, 0.15) is 5.69 Å². The van der Waals surface area contributed by atoms with E-state index >= 15 is 0 Å². The van der Waals surface area contributed by atoms with E-state index in [1.54, 1.807) is 6.92 Å². The molecule has 1 amide bonds. The van der Waals surface area contributed by atoms with Gasteiger partial charge in [-0.05, 0) is 37.6 Å². The molecule has 1 aliphatic heterocycles. The van der Waals surface area contributed by atoms with Gasteiger partial charge in [0, 0.05) is 0 Å². The lowest BCUT2D eigenvalue weighted by Crippen LogP contribution is -2.25. The zero-order chi connectivity index (χ0) is 25.3. The zero-order valence-electron chi connectivity index (χ0n) is 17.4. The fraction of sp³-hybridized carbons (Fsp3) is 0.190. The first-order valence-corrected chi connectivity index (χ1v) is 9.79. The number of hydrazone groups is 1. The van der Waals surface area contributed by atoms with Gasteiger partial charge in [-0.25, -0.2) is 26.7 Å². The number of rotatable bonds is 7. The van der Waals surface area contributed by atoms with E-state index in [0.717, 1.165) is 0 Å². The van der Waals surface area contributed by atoms with Crippen LogP contribution in [-0.4, -0.2) is 35.9 Å². The number of carbonyl (C=O) groups is 2. The van der Waals surface area contributed by atoms with Crippen molar-refractivity contribution in [2.75, 3.05) is 18.2 Å². The van der Waals surface area contributed by atoms with E-state index in [0.29, 0.717) is 0 Å². The van der Waals surface area contributed by atoms with Crippen LogP contribution in [0.25, 0.3) is 6.08 Å². The van der Waals surface area contributed by atoms with Crippen molar-refractivity contribution in [3.63, 3.8) is 0 Å². The molecule has 0 spiro atoms. The summed E-state index contributed by atoms with van der Waals surface area (Å²) in [6.45, 7) is 2.36. The largest absolute Gasteiger partial charge is 0.490 e. The van der Waals surface area contributed by atoms with Crippen molar-refractivity contribution in [3.8, 4) is 11.5 Å². The Labute approximate surface area is 193 Å². The Balaban J connectivity index is 2.04. The minimum atomic E-state index is -2.37. The summed E-state index contributed by atoms with van der Waals surface area (Å²) < 4.78 is 79.4. The second-order valence-corrected chi connectivity index (χ2v) is 7.13. The van der Waals surface area contributed by atoms with Crippen molar-refractivity contribution >= 4 is 41.0 Å². The number of hydrogen-bond donors (Lipinski definition) is 1. The first kappa shape index (κ1) is 25.0. The molecule has 0 atom stereocenters. The first-order chi connectivity index (χ1) is 16.0. The van der Waals surface area contributed by atoms with Crippen molar-refractivity contribution in [3.05, 3.63) is 57.4 Å². The summed E-state index contributed by atoms with van der Waals surface area (Å²) in [7, 11) is 0. The van der Waals surface area contributed by atoms with Gasteiger partial charge in [-0.2, -0.15) is 10.1 Å². The number of nitrogens with zero attached hydrogens (tertiary/aromatic N) is 2. The lowest BCUT2D eigenvalue weighted by atomic mass is 10.1. The second kappa shape index (κ2) is 9.67. The van der Waals surface area contributed by atoms with E-state index in [1.165, 1.54) is 25.1 Å². The monoisotopic (exact) mass is 504 g/mol. The van der Waals surface area contributed by atoms with E-state index in [2.05, 4.69) is 5.10 Å². The minimum Gasteiger partial charge on any atom is -0.490 e. The molecule has 1 N–H and O–H groups in total. The topological polar surface area (TPSA) is 88.4 Å². The smallest absolute Gasteiger partial charge is 0.341 e. The van der Waals surface area contributed by atoms with Crippen LogP contribution >= 0.6 is 11.6 Å². The van der Waals surface area contributed by atoms with Gasteiger partial charge in [0.15, 0.2) is 41.4 Å². The lowest BCUT2D eigenvalue weighted by molar-refractivity contribution is -0.139. The number of benzene rings is 2. The number of amides is 1. The molecule has 7 nitrogen and oxygen atoms in total. The molecule has 0 saturated carbocycles. The number of anilines is 1. The Morgan fingerprint density at radius 1 is 1.09 bits per heavy atom. The Morgan fingerprint density at radius 3 is 2.24 bits per heavy atom. The second-order valence-electron chi connectivity index (χ2n) is 6.72. The predicted molar refractivity (Wildman–Crippen MR) is 111 cm³/mol. The maximum absolute atomic E-state index is 14.2. The molecule has 0 unspecified atom stereocenters. The molecule has 2 aromatic carbocycles. The zero-order valence-corrected chi connectivity index (χ0v) is 18.1. The quantitative estimate of drug-likeness (QED) is 0.255. The molecule has 0 radical (unpaired) electrons. The summed E-state index contributed by atoms with van der Waals surface area (Å²) in [5, 5.41) is 12.4. The molecule has 1 heterocycles. The molecule has 0 aromatic heterocycles. The highest BCUT2D eigenvalue weighted by atomic mass is 35.5. The minimum absolute atomic E-state index is 0.0414. The number of carboxylic acid groups (broad SMARTS) is 1. The van der Waals surface area contributed by atoms with Gasteiger partial charge < -0.3 is 14.6 Å². The summed E-state index contributed by atoms with van der Waals surface area (Å²) in [6, 6.07) is 2.64. The van der Waals surface area contributed by atoms with E-state index in [9.17, 15) is 31.5 Å². The van der Waals surface area contributed by atoms with Gasteiger partial charge in [0.25, 0.3) is 5.91 Å². The Bertz CT molecular complexity index is 1240. The van der Waals surface area contributed by atoms with Gasteiger partial charge >= 0.3 is 5.97 Å². The fourth-order valence-electron chi connectivity index (χ4n) is 2.99. The van der Waals surface area contributed by atoms with Crippen molar-refractivity contribution in [2.45, 2.75) is 13.8 Å². The maximum Gasteiger partial charge on any atom is 0.341 e. The van der Waals surface area contributed by atoms with Crippen LogP contribution in [0.15, 0.2) is 22.8 Å². The normalized spacial score (nSPS) is 14.6. The molecule has 2 aromatic rings. The van der Waals surface area contributed by atoms with Gasteiger partial charge in [-0.15, -0.1) is 0 Å². The van der Waals surface area contributed by atoms with Crippen LogP contribution in [-0.2, 0) is 9.59 Å². The van der Waals surface area contributed by atoms with E-state index in [-0.39, 0.29) is 45.0 Å². The summed E-state index contributed by atoms with van der Waals surface area (Å²) in [6.07, 6.45) is 1.20. The third kappa shape index (κ3) is 4.53. The highest BCUT2D eigenvalue weighted by Gasteiger charge is 2.37. The van der Waals surface area contributed by atoms with Crippen LogP contribution in [0.2, 0.25) is 5.02 Å². The van der Waals surface area contributed by atoms with Gasteiger partial charge in [0.2, 0.25) is 5.82 Å². The molecule has 180 valence electrons. The lowest BCUT2D eigenvalue weighted by Gasteiger charge is -2.15. The van der Waals surface area contributed by atoms with Crippen LogP contribution in [0.4, 0.5) is 27.6 Å². The van der Waals surface area contributed by atoms with Crippen molar-refractivity contribution in [1.82, 2.24) is 0 Å². The SMILES string of the molecule is CCOc1cc(/C=C2/C(=O)N(c3c(F)c(F)c(F)c(F)c3F)N=C2C)cc(Cl)c1OCC(=O)O.